The first-order chi connectivity index (χ1) is 11.7. The highest BCUT2D eigenvalue weighted by Gasteiger charge is 2.11. The Bertz CT molecular complexity index is 907. The van der Waals surface area contributed by atoms with Gasteiger partial charge in [0.05, 0.1) is 17.5 Å². The van der Waals surface area contributed by atoms with Crippen molar-refractivity contribution in [2.45, 2.75) is 24.4 Å². The molecule has 142 valence electrons. The summed E-state index contributed by atoms with van der Waals surface area (Å²) in [5.74, 6) is 0.208. The van der Waals surface area contributed by atoms with E-state index in [-0.39, 0.29) is 47.4 Å². The summed E-state index contributed by atoms with van der Waals surface area (Å²) in [7, 11) is -3.75. The predicted octanol–water partition coefficient (Wildman–Crippen LogP) is 3.42. The van der Waals surface area contributed by atoms with Crippen LogP contribution >= 0.6 is 47.2 Å². The van der Waals surface area contributed by atoms with Crippen LogP contribution in [0.25, 0.3) is 0 Å². The predicted molar refractivity (Wildman–Crippen MR) is 117 cm³/mol. The Balaban J connectivity index is 0.00000338. The molecule has 0 spiro atoms. The van der Waals surface area contributed by atoms with Gasteiger partial charge in [-0.15, -0.1) is 24.0 Å². The first kappa shape index (κ1) is 23.0. The van der Waals surface area contributed by atoms with E-state index in [0.29, 0.717) is 15.6 Å². The van der Waals surface area contributed by atoms with Crippen molar-refractivity contribution in [2.24, 2.45) is 15.9 Å². The highest BCUT2D eigenvalue weighted by Crippen LogP contribution is 2.25. The number of aliphatic imine (C=N–C) groups is 1. The smallest absolute Gasteiger partial charge is 0.238 e. The topological polar surface area (TPSA) is 111 Å². The van der Waals surface area contributed by atoms with Crippen LogP contribution in [0.3, 0.4) is 0 Å². The van der Waals surface area contributed by atoms with Gasteiger partial charge in [0, 0.05) is 10.0 Å². The molecule has 10 heteroatoms. The van der Waals surface area contributed by atoms with Crippen LogP contribution in [0.2, 0.25) is 10.0 Å². The fraction of sp³-hybridized carbons (Fsp3) is 0.188. The lowest BCUT2D eigenvalue weighted by molar-refractivity contribution is 0.597. The van der Waals surface area contributed by atoms with Crippen LogP contribution in [0, 0.1) is 0 Å². The number of rotatable bonds is 5. The minimum absolute atomic E-state index is 0. The van der Waals surface area contributed by atoms with E-state index in [1.54, 1.807) is 24.3 Å². The van der Waals surface area contributed by atoms with E-state index in [1.807, 2.05) is 13.0 Å². The SMILES string of the molecule is CC(NC(N)=NCc1cccc(S(N)(=O)=O)c1)c1ccc(Cl)cc1Cl.I. The fourth-order valence-electron chi connectivity index (χ4n) is 2.20. The number of benzene rings is 2. The molecule has 0 bridgehead atoms. The van der Waals surface area contributed by atoms with Crippen molar-refractivity contribution < 1.29 is 8.42 Å². The van der Waals surface area contributed by atoms with Crippen molar-refractivity contribution in [3.8, 4) is 0 Å². The lowest BCUT2D eigenvalue weighted by Crippen LogP contribution is -2.34. The second-order valence-corrected chi connectivity index (χ2v) is 7.83. The summed E-state index contributed by atoms with van der Waals surface area (Å²) in [5, 5.41) is 9.22. The van der Waals surface area contributed by atoms with Gasteiger partial charge in [-0.25, -0.2) is 18.5 Å². The highest BCUT2D eigenvalue weighted by atomic mass is 127. The van der Waals surface area contributed by atoms with Gasteiger partial charge in [0.1, 0.15) is 0 Å². The third kappa shape index (κ3) is 6.58. The Kier molecular flexibility index (Phi) is 8.61. The normalized spacial score (nSPS) is 13.0. The minimum Gasteiger partial charge on any atom is -0.370 e. The summed E-state index contributed by atoms with van der Waals surface area (Å²) in [4.78, 5) is 4.24. The quantitative estimate of drug-likeness (QED) is 0.313. The van der Waals surface area contributed by atoms with Crippen molar-refractivity contribution in [1.29, 1.82) is 0 Å². The van der Waals surface area contributed by atoms with Gasteiger partial charge in [0.2, 0.25) is 10.0 Å². The van der Waals surface area contributed by atoms with Crippen molar-refractivity contribution >= 4 is 63.2 Å². The lowest BCUT2D eigenvalue weighted by atomic mass is 10.1. The molecule has 2 aromatic rings. The molecular formula is C16H19Cl2IN4O2S. The molecule has 0 fully saturated rings. The molecule has 0 aliphatic rings. The Labute approximate surface area is 180 Å². The molecule has 0 radical (unpaired) electrons. The number of hydrogen-bond donors (Lipinski definition) is 3. The van der Waals surface area contributed by atoms with Gasteiger partial charge in [0.15, 0.2) is 5.96 Å². The molecule has 1 atom stereocenters. The summed E-state index contributed by atoms with van der Waals surface area (Å²) in [6, 6.07) is 11.3. The zero-order valence-electron chi connectivity index (χ0n) is 13.8. The fourth-order valence-corrected chi connectivity index (χ4v) is 3.35. The van der Waals surface area contributed by atoms with Gasteiger partial charge in [-0.3, -0.25) is 0 Å². The van der Waals surface area contributed by atoms with Crippen LogP contribution in [0.5, 0.6) is 0 Å². The van der Waals surface area contributed by atoms with Crippen LogP contribution in [0.15, 0.2) is 52.4 Å². The van der Waals surface area contributed by atoms with Crippen LogP contribution in [-0.2, 0) is 16.6 Å². The summed E-state index contributed by atoms with van der Waals surface area (Å²) in [5.41, 5.74) is 7.40. The van der Waals surface area contributed by atoms with Crippen molar-refractivity contribution in [3.05, 3.63) is 63.6 Å². The maximum Gasteiger partial charge on any atom is 0.238 e. The molecule has 0 saturated carbocycles. The van der Waals surface area contributed by atoms with Crippen molar-refractivity contribution in [1.82, 2.24) is 5.32 Å². The van der Waals surface area contributed by atoms with E-state index in [1.165, 1.54) is 12.1 Å². The van der Waals surface area contributed by atoms with Gasteiger partial charge >= 0.3 is 0 Å². The van der Waals surface area contributed by atoms with E-state index in [4.69, 9.17) is 34.1 Å². The molecule has 0 saturated heterocycles. The number of halogens is 3. The van der Waals surface area contributed by atoms with E-state index in [2.05, 4.69) is 10.3 Å². The minimum atomic E-state index is -3.75. The Morgan fingerprint density at radius 3 is 2.54 bits per heavy atom. The molecule has 0 aromatic heterocycles. The maximum atomic E-state index is 11.4. The standard InChI is InChI=1S/C16H18Cl2N4O2S.HI/c1-10(14-6-5-12(17)8-15(14)18)22-16(19)21-9-11-3-2-4-13(7-11)25(20,23)24;/h2-8,10H,9H2,1H3,(H3,19,21,22)(H2,20,23,24);1H. The van der Waals surface area contributed by atoms with E-state index >= 15 is 0 Å². The number of primary sulfonamides is 1. The molecule has 0 amide bonds. The summed E-state index contributed by atoms with van der Waals surface area (Å²) in [6.45, 7) is 2.10. The first-order valence-corrected chi connectivity index (χ1v) is 9.60. The van der Waals surface area contributed by atoms with Crippen LogP contribution < -0.4 is 16.2 Å². The molecule has 1 unspecified atom stereocenters. The third-order valence-corrected chi connectivity index (χ3v) is 4.93. The number of hydrogen-bond acceptors (Lipinski definition) is 3. The third-order valence-electron chi connectivity index (χ3n) is 3.45. The molecule has 5 N–H and O–H groups in total. The number of guanidine groups is 1. The number of nitrogens with zero attached hydrogens (tertiary/aromatic N) is 1. The monoisotopic (exact) mass is 528 g/mol. The van der Waals surface area contributed by atoms with Crippen molar-refractivity contribution in [3.63, 3.8) is 0 Å². The maximum absolute atomic E-state index is 11.4. The summed E-state index contributed by atoms with van der Waals surface area (Å²) < 4.78 is 22.7. The first-order valence-electron chi connectivity index (χ1n) is 7.30. The molecule has 6 nitrogen and oxygen atoms in total. The van der Waals surface area contributed by atoms with Gasteiger partial charge in [-0.2, -0.15) is 0 Å². The molecule has 0 aliphatic heterocycles. The summed E-state index contributed by atoms with van der Waals surface area (Å²) >= 11 is 12.1. The van der Waals surface area contributed by atoms with Gasteiger partial charge in [-0.1, -0.05) is 41.4 Å². The second-order valence-electron chi connectivity index (χ2n) is 5.43. The average molecular weight is 529 g/mol. The average Bonchev–Trinajstić information content (AvgIpc) is 2.52. The molecule has 2 rings (SSSR count). The van der Waals surface area contributed by atoms with E-state index < -0.39 is 10.0 Å². The Hall–Kier alpha value is -1.07. The van der Waals surface area contributed by atoms with Gasteiger partial charge in [0.25, 0.3) is 0 Å². The van der Waals surface area contributed by atoms with Gasteiger partial charge in [-0.05, 0) is 42.3 Å². The largest absolute Gasteiger partial charge is 0.370 e. The lowest BCUT2D eigenvalue weighted by Gasteiger charge is -2.16. The highest BCUT2D eigenvalue weighted by molar-refractivity contribution is 14.0. The van der Waals surface area contributed by atoms with Crippen LogP contribution in [0.4, 0.5) is 0 Å². The molecule has 0 heterocycles. The Morgan fingerprint density at radius 1 is 1.23 bits per heavy atom. The number of nitrogens with one attached hydrogen (secondary N) is 1. The molecule has 2 aromatic carbocycles. The number of sulfonamides is 1. The Morgan fingerprint density at radius 2 is 1.92 bits per heavy atom. The summed E-state index contributed by atoms with van der Waals surface area (Å²) in [6.07, 6.45) is 0. The second kappa shape index (κ2) is 9.75. The van der Waals surface area contributed by atoms with Gasteiger partial charge < -0.3 is 11.1 Å². The zero-order chi connectivity index (χ0) is 18.6. The van der Waals surface area contributed by atoms with Crippen molar-refractivity contribution in [2.75, 3.05) is 0 Å². The molecule has 26 heavy (non-hydrogen) atoms. The van der Waals surface area contributed by atoms with E-state index in [9.17, 15) is 8.42 Å². The molecular weight excluding hydrogens is 510 g/mol. The zero-order valence-corrected chi connectivity index (χ0v) is 18.5. The van der Waals surface area contributed by atoms with Crippen LogP contribution in [0.1, 0.15) is 24.1 Å². The number of nitrogens with two attached hydrogens (primary N) is 2. The van der Waals surface area contributed by atoms with E-state index in [0.717, 1.165) is 5.56 Å². The molecule has 0 aliphatic carbocycles. The van der Waals surface area contributed by atoms with Crippen LogP contribution in [-0.4, -0.2) is 14.4 Å².